The zero-order chi connectivity index (χ0) is 13.1. The summed E-state index contributed by atoms with van der Waals surface area (Å²) in [5.74, 6) is -0.133. The third-order valence-electron chi connectivity index (χ3n) is 2.64. The van der Waals surface area contributed by atoms with Crippen LogP contribution >= 0.6 is 0 Å². The second kappa shape index (κ2) is 4.87. The zero-order valence-corrected chi connectivity index (χ0v) is 9.90. The number of rotatable bonds is 4. The van der Waals surface area contributed by atoms with Crippen molar-refractivity contribution in [3.63, 3.8) is 0 Å². The maximum absolute atomic E-state index is 11.7. The van der Waals surface area contributed by atoms with Gasteiger partial charge in [-0.2, -0.15) is 0 Å². The van der Waals surface area contributed by atoms with Crippen LogP contribution in [0.5, 0.6) is 0 Å². The molecule has 0 radical (unpaired) electrons. The minimum atomic E-state index is -0.251. The average molecular weight is 247 g/mol. The van der Waals surface area contributed by atoms with Crippen LogP contribution in [0.4, 0.5) is 0 Å². The Morgan fingerprint density at radius 3 is 2.94 bits per heavy atom. The molecule has 1 aromatic carbocycles. The number of carbonyl (C=O) groups excluding carboxylic acids is 2. The number of benzene rings is 1. The molecule has 2 rings (SSSR count). The van der Waals surface area contributed by atoms with E-state index in [0.29, 0.717) is 24.2 Å². The molecule has 0 atom stereocenters. The lowest BCUT2D eigenvalue weighted by Crippen LogP contribution is -2.28. The predicted octanol–water partition coefficient (Wildman–Crippen LogP) is 0.278. The van der Waals surface area contributed by atoms with Gasteiger partial charge in [0.2, 0.25) is 5.91 Å². The van der Waals surface area contributed by atoms with Gasteiger partial charge in [-0.3, -0.25) is 14.2 Å². The first-order chi connectivity index (χ1) is 8.61. The number of carbonyl (C=O) groups is 2. The summed E-state index contributed by atoms with van der Waals surface area (Å²) in [5, 5.41) is 2.63. The molecule has 1 aromatic heterocycles. The van der Waals surface area contributed by atoms with Crippen molar-refractivity contribution in [2.75, 3.05) is 6.54 Å². The van der Waals surface area contributed by atoms with Crippen LogP contribution < -0.4 is 11.0 Å². The van der Waals surface area contributed by atoms with E-state index in [1.807, 2.05) is 0 Å². The molecule has 0 saturated carbocycles. The van der Waals surface area contributed by atoms with E-state index < -0.39 is 0 Å². The second-order valence-electron chi connectivity index (χ2n) is 3.96. The van der Waals surface area contributed by atoms with Gasteiger partial charge in [-0.15, -0.1) is 0 Å². The van der Waals surface area contributed by atoms with Crippen LogP contribution in [0, 0.1) is 0 Å². The fraction of sp³-hybridized carbons (Fsp3) is 0.250. The lowest BCUT2D eigenvalue weighted by atomic mass is 10.2. The van der Waals surface area contributed by atoms with Gasteiger partial charge in [0, 0.05) is 25.6 Å². The number of hydrogen-bond acceptors (Lipinski definition) is 3. The number of nitrogens with zero attached hydrogens (tertiary/aromatic N) is 1. The number of aldehydes is 1. The van der Waals surface area contributed by atoms with Crippen molar-refractivity contribution in [3.05, 3.63) is 34.2 Å². The van der Waals surface area contributed by atoms with Gasteiger partial charge >= 0.3 is 5.69 Å². The molecule has 1 amide bonds. The molecule has 2 aromatic rings. The molecule has 0 fully saturated rings. The Kier molecular flexibility index (Phi) is 3.27. The van der Waals surface area contributed by atoms with E-state index in [1.165, 1.54) is 11.5 Å². The van der Waals surface area contributed by atoms with Crippen LogP contribution in [0.3, 0.4) is 0 Å². The summed E-state index contributed by atoms with van der Waals surface area (Å²) in [6, 6.07) is 4.99. The van der Waals surface area contributed by atoms with Crippen molar-refractivity contribution in [2.45, 2.75) is 13.5 Å². The maximum atomic E-state index is 11.7. The van der Waals surface area contributed by atoms with Crippen LogP contribution in [0.2, 0.25) is 0 Å². The quantitative estimate of drug-likeness (QED) is 0.761. The van der Waals surface area contributed by atoms with E-state index >= 15 is 0 Å². The van der Waals surface area contributed by atoms with Crippen molar-refractivity contribution in [1.29, 1.82) is 0 Å². The van der Waals surface area contributed by atoms with Crippen LogP contribution in [0.25, 0.3) is 11.0 Å². The highest BCUT2D eigenvalue weighted by Crippen LogP contribution is 2.11. The van der Waals surface area contributed by atoms with Gasteiger partial charge in [0.05, 0.1) is 11.0 Å². The summed E-state index contributed by atoms with van der Waals surface area (Å²) in [6.45, 7) is 2.20. The Labute approximate surface area is 103 Å². The molecule has 6 nitrogen and oxygen atoms in total. The summed E-state index contributed by atoms with van der Waals surface area (Å²) in [6.07, 6.45) is 0.729. The lowest BCUT2D eigenvalue weighted by Gasteiger charge is -2.04. The Morgan fingerprint density at radius 1 is 1.50 bits per heavy atom. The lowest BCUT2D eigenvalue weighted by molar-refractivity contribution is -0.118. The molecule has 0 unspecified atom stereocenters. The molecule has 0 saturated heterocycles. The van der Waals surface area contributed by atoms with Crippen LogP contribution in [0.15, 0.2) is 23.0 Å². The number of hydrogen-bond donors (Lipinski definition) is 2. The summed E-state index contributed by atoms with van der Waals surface area (Å²) >= 11 is 0. The molecular formula is C12H13N3O3. The largest absolute Gasteiger partial charge is 0.355 e. The number of H-pyrrole nitrogens is 1. The van der Waals surface area contributed by atoms with E-state index in [-0.39, 0.29) is 11.6 Å². The summed E-state index contributed by atoms with van der Waals surface area (Å²) in [7, 11) is 0. The number of imidazole rings is 1. The Bertz CT molecular complexity index is 654. The van der Waals surface area contributed by atoms with Crippen molar-refractivity contribution >= 4 is 23.2 Å². The molecule has 0 spiro atoms. The van der Waals surface area contributed by atoms with E-state index in [0.717, 1.165) is 11.8 Å². The van der Waals surface area contributed by atoms with E-state index in [4.69, 9.17) is 0 Å². The molecule has 0 aliphatic rings. The average Bonchev–Trinajstić information content (AvgIpc) is 2.64. The highest BCUT2D eigenvalue weighted by Gasteiger charge is 2.06. The fourth-order valence-corrected chi connectivity index (χ4v) is 1.82. The molecule has 2 N–H and O–H groups in total. The number of fused-ring (bicyclic) bond motifs is 1. The second-order valence-corrected chi connectivity index (χ2v) is 3.96. The first-order valence-corrected chi connectivity index (χ1v) is 5.54. The Balaban J connectivity index is 2.32. The SMILES string of the molecule is CC(=O)NCCn1c(=O)[nH]c2cc(C=O)ccc21. The van der Waals surface area contributed by atoms with Gasteiger partial charge in [-0.05, 0) is 18.2 Å². The summed E-state index contributed by atoms with van der Waals surface area (Å²) < 4.78 is 1.53. The molecule has 6 heteroatoms. The van der Waals surface area contributed by atoms with Gasteiger partial charge < -0.3 is 10.3 Å². The molecule has 94 valence electrons. The van der Waals surface area contributed by atoms with Gasteiger partial charge in [-0.1, -0.05) is 0 Å². The Hall–Kier alpha value is -2.37. The van der Waals surface area contributed by atoms with Crippen molar-refractivity contribution < 1.29 is 9.59 Å². The van der Waals surface area contributed by atoms with E-state index in [1.54, 1.807) is 18.2 Å². The molecular weight excluding hydrogens is 234 g/mol. The first kappa shape index (κ1) is 12.1. The Morgan fingerprint density at radius 2 is 2.28 bits per heavy atom. The summed E-state index contributed by atoms with van der Waals surface area (Å²) in [4.78, 5) is 35.8. The van der Waals surface area contributed by atoms with Crippen LogP contribution in [-0.4, -0.2) is 28.3 Å². The fourth-order valence-electron chi connectivity index (χ4n) is 1.82. The smallest absolute Gasteiger partial charge is 0.326 e. The minimum absolute atomic E-state index is 0.133. The van der Waals surface area contributed by atoms with Crippen molar-refractivity contribution in [1.82, 2.24) is 14.9 Å². The standard InChI is InChI=1S/C12H13N3O3/c1-8(17)13-4-5-15-11-3-2-9(7-16)6-10(11)14-12(15)18/h2-3,6-7H,4-5H2,1H3,(H,13,17)(H,14,18). The number of amides is 1. The predicted molar refractivity (Wildman–Crippen MR) is 66.6 cm³/mol. The monoisotopic (exact) mass is 247 g/mol. The molecule has 1 heterocycles. The molecule has 0 aliphatic heterocycles. The summed E-state index contributed by atoms with van der Waals surface area (Å²) in [5.41, 5.74) is 1.60. The normalized spacial score (nSPS) is 10.5. The number of aromatic nitrogens is 2. The van der Waals surface area contributed by atoms with Crippen molar-refractivity contribution in [2.24, 2.45) is 0 Å². The van der Waals surface area contributed by atoms with Gasteiger partial charge in [0.1, 0.15) is 6.29 Å². The highest BCUT2D eigenvalue weighted by molar-refractivity contribution is 5.84. The topological polar surface area (TPSA) is 84.0 Å². The number of nitrogens with one attached hydrogen (secondary N) is 2. The van der Waals surface area contributed by atoms with Crippen molar-refractivity contribution in [3.8, 4) is 0 Å². The molecule has 0 aliphatic carbocycles. The third kappa shape index (κ3) is 2.32. The van der Waals surface area contributed by atoms with Gasteiger partial charge in [0.15, 0.2) is 0 Å². The van der Waals surface area contributed by atoms with Crippen LogP contribution in [0.1, 0.15) is 17.3 Å². The molecule has 18 heavy (non-hydrogen) atoms. The highest BCUT2D eigenvalue weighted by atomic mass is 16.2. The number of aromatic amines is 1. The van der Waals surface area contributed by atoms with Crippen LogP contribution in [-0.2, 0) is 11.3 Å². The third-order valence-corrected chi connectivity index (χ3v) is 2.64. The van der Waals surface area contributed by atoms with Gasteiger partial charge in [0.25, 0.3) is 0 Å². The minimum Gasteiger partial charge on any atom is -0.355 e. The maximum Gasteiger partial charge on any atom is 0.326 e. The van der Waals surface area contributed by atoms with Gasteiger partial charge in [-0.25, -0.2) is 4.79 Å². The first-order valence-electron chi connectivity index (χ1n) is 5.54. The van der Waals surface area contributed by atoms with E-state index in [9.17, 15) is 14.4 Å². The zero-order valence-electron chi connectivity index (χ0n) is 9.90. The molecule has 0 bridgehead atoms. The van der Waals surface area contributed by atoms with E-state index in [2.05, 4.69) is 10.3 Å².